The van der Waals surface area contributed by atoms with Crippen LogP contribution in [0.1, 0.15) is 44.9 Å². The molecule has 0 aliphatic heterocycles. The topological polar surface area (TPSA) is 35.1 Å². The van der Waals surface area contributed by atoms with E-state index in [9.17, 15) is 8.94 Å². The molecule has 1 rings (SSSR count). The zero-order valence-corrected chi connectivity index (χ0v) is 12.7. The highest BCUT2D eigenvalue weighted by atomic mass is 32.2. The first kappa shape index (κ1) is 15.5. The maximum absolute atomic E-state index is 13.8. The molecule has 0 heterocycles. The molecule has 0 radical (unpaired) electrons. The van der Waals surface area contributed by atoms with Crippen LogP contribution in [0, 0.1) is 12.7 Å². The number of rotatable bonds is 3. The smallest absolute Gasteiger partial charge is 0.143 e. The average molecular weight is 269 g/mol. The summed E-state index contributed by atoms with van der Waals surface area (Å²) in [5.41, 5.74) is 2.12. The summed E-state index contributed by atoms with van der Waals surface area (Å²) in [4.78, 5) is 0. The minimum Gasteiger partial charge on any atom is -0.598 e. The third kappa shape index (κ3) is 3.50. The van der Waals surface area contributed by atoms with Gasteiger partial charge in [0.1, 0.15) is 18.4 Å². The largest absolute Gasteiger partial charge is 0.598 e. The van der Waals surface area contributed by atoms with Gasteiger partial charge in [0.2, 0.25) is 0 Å². The van der Waals surface area contributed by atoms with Gasteiger partial charge in [-0.3, -0.25) is 0 Å². The van der Waals surface area contributed by atoms with Crippen LogP contribution in [0.25, 0.3) is 0 Å². The van der Waals surface area contributed by atoms with Crippen molar-refractivity contribution in [1.29, 1.82) is 0 Å². The first-order chi connectivity index (χ1) is 8.14. The molecule has 2 atom stereocenters. The van der Waals surface area contributed by atoms with Crippen molar-refractivity contribution >= 4 is 24.7 Å². The highest BCUT2D eigenvalue weighted by Crippen LogP contribution is 2.22. The van der Waals surface area contributed by atoms with E-state index in [0.717, 1.165) is 5.56 Å². The van der Waals surface area contributed by atoms with Crippen LogP contribution in [0.5, 0.6) is 0 Å². The molecular formula is C13H21BFNOS. The molecule has 0 saturated heterocycles. The second kappa shape index (κ2) is 5.64. The summed E-state index contributed by atoms with van der Waals surface area (Å²) in [6.07, 6.45) is 0. The lowest BCUT2D eigenvalue weighted by Crippen LogP contribution is -2.40. The number of benzene rings is 1. The molecule has 1 aromatic rings. The van der Waals surface area contributed by atoms with Crippen LogP contribution in [-0.4, -0.2) is 17.1 Å². The Hall–Kier alpha value is -0.515. The summed E-state index contributed by atoms with van der Waals surface area (Å²) < 4.78 is 28.5. The molecule has 0 fully saturated rings. The fourth-order valence-electron chi connectivity index (χ4n) is 1.71. The van der Waals surface area contributed by atoms with E-state index in [2.05, 4.69) is 4.72 Å². The summed E-state index contributed by atoms with van der Waals surface area (Å²) in [5.74, 6) is -0.178. The molecule has 5 heteroatoms. The third-order valence-electron chi connectivity index (χ3n) is 2.93. The van der Waals surface area contributed by atoms with Gasteiger partial charge in [-0.1, -0.05) is 17.6 Å². The Labute approximate surface area is 113 Å². The van der Waals surface area contributed by atoms with Crippen LogP contribution < -0.4 is 10.2 Å². The van der Waals surface area contributed by atoms with E-state index >= 15 is 0 Å². The minimum atomic E-state index is -1.16. The number of hydrogen-bond donors (Lipinski definition) is 1. The predicted molar refractivity (Wildman–Crippen MR) is 78.8 cm³/mol. The number of nitrogens with one attached hydrogen (secondary N) is 1. The summed E-state index contributed by atoms with van der Waals surface area (Å²) in [5, 5.41) is 0. The average Bonchev–Trinajstić information content (AvgIpc) is 2.24. The van der Waals surface area contributed by atoms with E-state index in [1.165, 1.54) is 0 Å². The van der Waals surface area contributed by atoms with Gasteiger partial charge in [0.05, 0.1) is 6.04 Å². The molecule has 100 valence electrons. The normalized spacial score (nSPS) is 15.5. The predicted octanol–water partition coefficient (Wildman–Crippen LogP) is 1.51. The van der Waals surface area contributed by atoms with E-state index in [0.29, 0.717) is 11.0 Å². The Bertz CT molecular complexity index is 434. The SMILES string of the molecule is Bc1ccc(C(C)N[S+]([O-])C(C)(C)C)c(C)c1F. The van der Waals surface area contributed by atoms with Crippen LogP contribution in [0.4, 0.5) is 4.39 Å². The Morgan fingerprint density at radius 1 is 1.39 bits per heavy atom. The van der Waals surface area contributed by atoms with Crippen molar-refractivity contribution in [3.8, 4) is 0 Å². The second-order valence-corrected chi connectivity index (χ2v) is 7.63. The van der Waals surface area contributed by atoms with E-state index in [-0.39, 0.29) is 16.6 Å². The molecule has 18 heavy (non-hydrogen) atoms. The second-order valence-electron chi connectivity index (χ2n) is 5.63. The van der Waals surface area contributed by atoms with Crippen molar-refractivity contribution in [2.24, 2.45) is 0 Å². The van der Waals surface area contributed by atoms with Crippen molar-refractivity contribution in [2.75, 3.05) is 0 Å². The maximum atomic E-state index is 13.8. The summed E-state index contributed by atoms with van der Waals surface area (Å²) in [7, 11) is 1.75. The zero-order valence-electron chi connectivity index (χ0n) is 11.9. The van der Waals surface area contributed by atoms with Crippen LogP contribution in [0.3, 0.4) is 0 Å². The van der Waals surface area contributed by atoms with Gasteiger partial charge < -0.3 is 4.55 Å². The Morgan fingerprint density at radius 3 is 2.44 bits per heavy atom. The molecule has 0 spiro atoms. The lowest BCUT2D eigenvalue weighted by Gasteiger charge is -2.27. The van der Waals surface area contributed by atoms with Gasteiger partial charge >= 0.3 is 0 Å². The van der Waals surface area contributed by atoms with E-state index < -0.39 is 11.4 Å². The fraction of sp³-hybridized carbons (Fsp3) is 0.538. The molecule has 1 N–H and O–H groups in total. The van der Waals surface area contributed by atoms with Crippen LogP contribution in [0.2, 0.25) is 0 Å². The molecule has 2 unspecified atom stereocenters. The number of hydrogen-bond acceptors (Lipinski definition) is 2. The maximum Gasteiger partial charge on any atom is 0.143 e. The summed E-state index contributed by atoms with van der Waals surface area (Å²) in [6.45, 7) is 9.39. The van der Waals surface area contributed by atoms with Crippen molar-refractivity contribution in [3.63, 3.8) is 0 Å². The molecule has 0 aliphatic rings. The van der Waals surface area contributed by atoms with Crippen molar-refractivity contribution < 1.29 is 8.94 Å². The lowest BCUT2D eigenvalue weighted by atomic mass is 9.90. The Kier molecular flexibility index (Phi) is 4.87. The first-order valence-electron chi connectivity index (χ1n) is 6.08. The lowest BCUT2D eigenvalue weighted by molar-refractivity contribution is 0.529. The molecule has 0 amide bonds. The molecule has 2 nitrogen and oxygen atoms in total. The van der Waals surface area contributed by atoms with E-state index in [1.807, 2.05) is 33.8 Å². The van der Waals surface area contributed by atoms with Crippen molar-refractivity contribution in [1.82, 2.24) is 4.72 Å². The first-order valence-corrected chi connectivity index (χ1v) is 7.23. The highest BCUT2D eigenvalue weighted by molar-refractivity contribution is 7.90. The standard InChI is InChI=1S/C13H21BFNOS/c1-8-10(6-7-11(14)12(8)15)9(2)16-18(17)13(3,4)5/h6-7,9,16H,14H2,1-5H3. The number of halogens is 1. The van der Waals surface area contributed by atoms with Crippen LogP contribution in [0.15, 0.2) is 12.1 Å². The van der Waals surface area contributed by atoms with Gasteiger partial charge in [0.15, 0.2) is 0 Å². The minimum absolute atomic E-state index is 0.139. The van der Waals surface area contributed by atoms with Crippen LogP contribution >= 0.6 is 0 Å². The Balaban J connectivity index is 2.92. The van der Waals surface area contributed by atoms with E-state index in [1.54, 1.807) is 20.8 Å². The molecule has 0 aromatic heterocycles. The molecule has 0 bridgehead atoms. The van der Waals surface area contributed by atoms with Gasteiger partial charge in [-0.2, -0.15) is 0 Å². The fourth-order valence-corrected chi connectivity index (χ4v) is 2.51. The summed E-state index contributed by atoms with van der Waals surface area (Å²) >= 11 is -1.16. The van der Waals surface area contributed by atoms with Gasteiger partial charge in [-0.05, 0) is 45.7 Å². The van der Waals surface area contributed by atoms with Gasteiger partial charge in [0.25, 0.3) is 0 Å². The van der Waals surface area contributed by atoms with Crippen molar-refractivity contribution in [3.05, 3.63) is 29.1 Å². The molecule has 1 aromatic carbocycles. The zero-order chi connectivity index (χ0) is 14.1. The van der Waals surface area contributed by atoms with E-state index in [4.69, 9.17) is 0 Å². The summed E-state index contributed by atoms with van der Waals surface area (Å²) in [6, 6.07) is 3.52. The van der Waals surface area contributed by atoms with Crippen molar-refractivity contribution in [2.45, 2.75) is 45.4 Å². The van der Waals surface area contributed by atoms with Crippen LogP contribution in [-0.2, 0) is 11.4 Å². The molecule has 0 saturated carbocycles. The molecular weight excluding hydrogens is 248 g/mol. The van der Waals surface area contributed by atoms with Gasteiger partial charge in [0, 0.05) is 11.4 Å². The van der Waals surface area contributed by atoms with Gasteiger partial charge in [-0.15, -0.1) is 4.72 Å². The monoisotopic (exact) mass is 269 g/mol. The Morgan fingerprint density at radius 2 is 1.94 bits per heavy atom. The van der Waals surface area contributed by atoms with Gasteiger partial charge in [-0.25, -0.2) is 4.39 Å². The highest BCUT2D eigenvalue weighted by Gasteiger charge is 2.28. The quantitative estimate of drug-likeness (QED) is 0.666. The molecule has 0 aliphatic carbocycles. The third-order valence-corrected chi connectivity index (χ3v) is 4.61.